The van der Waals surface area contributed by atoms with Crippen molar-refractivity contribution in [2.45, 2.75) is 0 Å². The van der Waals surface area contributed by atoms with Gasteiger partial charge in [-0.25, -0.2) is 9.59 Å². The molecular formula is C14H8O7S. The second kappa shape index (κ2) is 4.92. The fourth-order valence-corrected chi connectivity index (χ4v) is 3.12. The first kappa shape index (κ1) is 14.2. The van der Waals surface area contributed by atoms with E-state index in [0.29, 0.717) is 0 Å². The van der Waals surface area contributed by atoms with Crippen molar-refractivity contribution in [3.63, 3.8) is 0 Å². The number of methoxy groups -OCH3 is 2. The molecule has 2 heterocycles. The van der Waals surface area contributed by atoms with Crippen LogP contribution >= 0.6 is 11.3 Å². The van der Waals surface area contributed by atoms with Crippen LogP contribution in [0.25, 0.3) is 0 Å². The molecule has 0 spiro atoms. The lowest BCUT2D eigenvalue weighted by molar-refractivity contribution is 0.0561. The number of furan rings is 1. The van der Waals surface area contributed by atoms with Gasteiger partial charge in [-0.15, -0.1) is 11.3 Å². The number of hydrogen-bond donors (Lipinski definition) is 0. The maximum absolute atomic E-state index is 12.4. The molecular weight excluding hydrogens is 312 g/mol. The third-order valence-corrected chi connectivity index (χ3v) is 4.25. The number of ether oxygens (including phenoxy) is 2. The maximum atomic E-state index is 12.4. The van der Waals surface area contributed by atoms with Crippen LogP contribution in [0.1, 0.15) is 51.6 Å². The van der Waals surface area contributed by atoms with Gasteiger partial charge in [-0.1, -0.05) is 0 Å². The van der Waals surface area contributed by atoms with Crippen LogP contribution in [0.15, 0.2) is 16.5 Å². The number of ketones is 2. The smallest absolute Gasteiger partial charge is 0.373 e. The van der Waals surface area contributed by atoms with Gasteiger partial charge in [-0.05, 0) is 6.07 Å². The highest BCUT2D eigenvalue weighted by atomic mass is 32.1. The quantitative estimate of drug-likeness (QED) is 0.662. The van der Waals surface area contributed by atoms with Crippen LogP contribution in [-0.2, 0) is 9.47 Å². The van der Waals surface area contributed by atoms with Crippen molar-refractivity contribution in [3.8, 4) is 0 Å². The number of carbonyl (C=O) groups excluding carboxylic acids is 4. The second-order valence-corrected chi connectivity index (χ2v) is 5.40. The van der Waals surface area contributed by atoms with Crippen LogP contribution in [-0.4, -0.2) is 37.7 Å². The second-order valence-electron chi connectivity index (χ2n) is 4.35. The molecule has 0 radical (unpaired) electrons. The van der Waals surface area contributed by atoms with Crippen molar-refractivity contribution in [2.24, 2.45) is 0 Å². The Labute approximate surface area is 127 Å². The molecule has 0 unspecified atom stereocenters. The van der Waals surface area contributed by atoms with E-state index in [-0.39, 0.29) is 32.4 Å². The number of hydrogen-bond acceptors (Lipinski definition) is 8. The van der Waals surface area contributed by atoms with Crippen LogP contribution in [0.4, 0.5) is 0 Å². The van der Waals surface area contributed by atoms with E-state index >= 15 is 0 Å². The summed E-state index contributed by atoms with van der Waals surface area (Å²) < 4.78 is 14.2. The van der Waals surface area contributed by atoms with Crippen molar-refractivity contribution >= 4 is 34.8 Å². The SMILES string of the molecule is COC(=O)c1cc2c(o1)C(=O)c1sc(C(=O)OC)cc1C2=O. The average molecular weight is 320 g/mol. The normalized spacial score (nSPS) is 12.6. The fraction of sp³-hybridized carbons (Fsp3) is 0.143. The van der Waals surface area contributed by atoms with Crippen molar-refractivity contribution in [2.75, 3.05) is 14.2 Å². The van der Waals surface area contributed by atoms with E-state index in [0.717, 1.165) is 18.4 Å². The number of thiophene rings is 1. The largest absolute Gasteiger partial charge is 0.465 e. The predicted octanol–water partition coefficient (Wildman–Crippen LogP) is 1.69. The van der Waals surface area contributed by atoms with E-state index in [4.69, 9.17) is 4.42 Å². The molecule has 0 aromatic carbocycles. The van der Waals surface area contributed by atoms with Gasteiger partial charge in [0.2, 0.25) is 11.5 Å². The lowest BCUT2D eigenvalue weighted by Gasteiger charge is -2.07. The summed E-state index contributed by atoms with van der Waals surface area (Å²) in [6.45, 7) is 0. The van der Waals surface area contributed by atoms with Crippen LogP contribution in [0.5, 0.6) is 0 Å². The lowest BCUT2D eigenvalue weighted by Crippen LogP contribution is -2.16. The van der Waals surface area contributed by atoms with Gasteiger partial charge in [0.15, 0.2) is 11.5 Å². The highest BCUT2D eigenvalue weighted by Gasteiger charge is 2.37. The van der Waals surface area contributed by atoms with Crippen molar-refractivity contribution in [1.29, 1.82) is 0 Å². The van der Waals surface area contributed by atoms with Crippen molar-refractivity contribution < 1.29 is 33.1 Å². The first-order valence-corrected chi connectivity index (χ1v) is 6.83. The molecule has 0 bridgehead atoms. The molecule has 1 aliphatic rings. The van der Waals surface area contributed by atoms with Crippen LogP contribution in [0.3, 0.4) is 0 Å². The molecule has 8 heteroatoms. The lowest BCUT2D eigenvalue weighted by atomic mass is 9.94. The molecule has 3 rings (SSSR count). The van der Waals surface area contributed by atoms with Crippen LogP contribution in [0, 0.1) is 0 Å². The van der Waals surface area contributed by atoms with E-state index < -0.39 is 23.5 Å². The van der Waals surface area contributed by atoms with Gasteiger partial charge in [0, 0.05) is 11.6 Å². The van der Waals surface area contributed by atoms with Gasteiger partial charge in [0.1, 0.15) is 4.88 Å². The monoisotopic (exact) mass is 320 g/mol. The Morgan fingerprint density at radius 1 is 1.00 bits per heavy atom. The van der Waals surface area contributed by atoms with E-state index in [1.165, 1.54) is 19.2 Å². The molecule has 0 aliphatic heterocycles. The molecule has 112 valence electrons. The highest BCUT2D eigenvalue weighted by molar-refractivity contribution is 7.16. The molecule has 2 aromatic heterocycles. The van der Waals surface area contributed by atoms with Gasteiger partial charge < -0.3 is 13.9 Å². The number of rotatable bonds is 2. The molecule has 1 aliphatic carbocycles. The molecule has 0 N–H and O–H groups in total. The summed E-state index contributed by atoms with van der Waals surface area (Å²) >= 11 is 0.846. The summed E-state index contributed by atoms with van der Waals surface area (Å²) in [5.41, 5.74) is 0.0761. The Balaban J connectivity index is 2.12. The molecule has 7 nitrogen and oxygen atoms in total. The number of fused-ring (bicyclic) bond motifs is 2. The number of esters is 2. The summed E-state index contributed by atoms with van der Waals surface area (Å²) in [6.07, 6.45) is 0. The van der Waals surface area contributed by atoms with E-state index in [1.54, 1.807) is 0 Å². The van der Waals surface area contributed by atoms with Gasteiger partial charge in [0.25, 0.3) is 0 Å². The van der Waals surface area contributed by atoms with Gasteiger partial charge in [-0.2, -0.15) is 0 Å². The standard InChI is InChI=1S/C14H8O7S/c1-19-13(17)7-3-5-9(15)6-4-8(14(18)20-2)22-12(6)10(16)11(5)21-7/h3-4H,1-2H3. The number of carbonyl (C=O) groups is 4. The zero-order valence-corrected chi connectivity index (χ0v) is 12.2. The summed E-state index contributed by atoms with van der Waals surface area (Å²) in [7, 11) is 2.37. The Hall–Kier alpha value is -2.74. The first-order valence-electron chi connectivity index (χ1n) is 6.01. The molecule has 0 atom stereocenters. The minimum absolute atomic E-state index is 0.0212. The van der Waals surface area contributed by atoms with E-state index in [1.807, 2.05) is 0 Å². The van der Waals surface area contributed by atoms with Gasteiger partial charge in [0.05, 0.1) is 24.7 Å². The Kier molecular flexibility index (Phi) is 3.18. The van der Waals surface area contributed by atoms with Crippen LogP contribution in [0.2, 0.25) is 0 Å². The zero-order valence-electron chi connectivity index (χ0n) is 11.4. The predicted molar refractivity (Wildman–Crippen MR) is 72.6 cm³/mol. The Morgan fingerprint density at radius 2 is 1.68 bits per heavy atom. The minimum atomic E-state index is -0.784. The molecule has 2 aromatic rings. The third kappa shape index (κ3) is 1.88. The van der Waals surface area contributed by atoms with E-state index in [2.05, 4.69) is 9.47 Å². The highest BCUT2D eigenvalue weighted by Crippen LogP contribution is 2.35. The van der Waals surface area contributed by atoms with Crippen LogP contribution < -0.4 is 0 Å². The summed E-state index contributed by atoms with van der Waals surface area (Å²) in [6, 6.07) is 2.47. The summed E-state index contributed by atoms with van der Waals surface area (Å²) in [5.74, 6) is -2.91. The zero-order chi connectivity index (χ0) is 16.0. The van der Waals surface area contributed by atoms with E-state index in [9.17, 15) is 19.2 Å². The maximum Gasteiger partial charge on any atom is 0.373 e. The topological polar surface area (TPSA) is 99.9 Å². The summed E-state index contributed by atoms with van der Waals surface area (Å²) in [5, 5.41) is 0. The minimum Gasteiger partial charge on any atom is -0.465 e. The fourth-order valence-electron chi connectivity index (χ4n) is 2.11. The van der Waals surface area contributed by atoms with Crippen molar-refractivity contribution in [3.05, 3.63) is 44.5 Å². The third-order valence-electron chi connectivity index (χ3n) is 3.14. The summed E-state index contributed by atoms with van der Waals surface area (Å²) in [4.78, 5) is 47.9. The Bertz CT molecular complexity index is 722. The molecule has 0 amide bonds. The Morgan fingerprint density at radius 3 is 2.32 bits per heavy atom. The molecule has 0 saturated heterocycles. The first-order chi connectivity index (χ1) is 10.5. The molecule has 0 saturated carbocycles. The van der Waals surface area contributed by atoms with Gasteiger partial charge >= 0.3 is 11.9 Å². The molecule has 0 fully saturated rings. The molecule has 22 heavy (non-hydrogen) atoms. The van der Waals surface area contributed by atoms with Gasteiger partial charge in [-0.3, -0.25) is 9.59 Å². The average Bonchev–Trinajstić information content (AvgIpc) is 3.16. The van der Waals surface area contributed by atoms with Crippen molar-refractivity contribution in [1.82, 2.24) is 0 Å².